The van der Waals surface area contributed by atoms with Gasteiger partial charge >= 0.3 is 5.97 Å². The quantitative estimate of drug-likeness (QED) is 0.807. The summed E-state index contributed by atoms with van der Waals surface area (Å²) >= 11 is 0. The molecular weight excluding hydrogens is 209 g/mol. The summed E-state index contributed by atoms with van der Waals surface area (Å²) < 4.78 is 13.1. The van der Waals surface area contributed by atoms with E-state index in [1.807, 2.05) is 6.92 Å². The zero-order valence-electron chi connectivity index (χ0n) is 9.46. The molecule has 1 rings (SSSR count). The average molecular weight is 225 g/mol. The molecule has 0 radical (unpaired) electrons. The Bertz CT molecular complexity index is 381. The fourth-order valence-corrected chi connectivity index (χ4v) is 1.48. The molecule has 0 saturated heterocycles. The Labute approximate surface area is 94.3 Å². The van der Waals surface area contributed by atoms with Gasteiger partial charge in [-0.3, -0.25) is 5.32 Å². The number of hydrogen-bond donors (Lipinski definition) is 2. The highest BCUT2D eigenvalue weighted by Crippen LogP contribution is 2.21. The van der Waals surface area contributed by atoms with Gasteiger partial charge in [0.1, 0.15) is 11.4 Å². The Kier molecular flexibility index (Phi) is 4.01. The number of hydrogen-bond acceptors (Lipinski definition) is 2. The van der Waals surface area contributed by atoms with Crippen LogP contribution in [0.1, 0.15) is 25.8 Å². The highest BCUT2D eigenvalue weighted by atomic mass is 19.1. The molecule has 0 bridgehead atoms. The van der Waals surface area contributed by atoms with E-state index in [9.17, 15) is 14.3 Å². The monoisotopic (exact) mass is 225 g/mol. The minimum atomic E-state index is -1.24. The highest BCUT2D eigenvalue weighted by molar-refractivity contribution is 5.80. The predicted molar refractivity (Wildman–Crippen MR) is 59.7 cm³/mol. The van der Waals surface area contributed by atoms with Crippen LogP contribution in [0.2, 0.25) is 0 Å². The first-order valence-electron chi connectivity index (χ1n) is 5.25. The van der Waals surface area contributed by atoms with Gasteiger partial charge in [-0.15, -0.1) is 0 Å². The van der Waals surface area contributed by atoms with Gasteiger partial charge in [0.2, 0.25) is 0 Å². The molecule has 0 aliphatic rings. The molecule has 0 saturated carbocycles. The average Bonchev–Trinajstić information content (AvgIpc) is 2.25. The Balaban J connectivity index is 3.06. The number of rotatable bonds is 5. The smallest absolute Gasteiger partial charge is 0.328 e. The van der Waals surface area contributed by atoms with Crippen molar-refractivity contribution in [3.63, 3.8) is 0 Å². The maximum absolute atomic E-state index is 13.1. The number of carbonyl (C=O) groups is 1. The second kappa shape index (κ2) is 5.07. The summed E-state index contributed by atoms with van der Waals surface area (Å²) in [6.45, 7) is 4.06. The Morgan fingerprint density at radius 2 is 2.25 bits per heavy atom. The lowest BCUT2D eigenvalue weighted by atomic mass is 9.92. The van der Waals surface area contributed by atoms with Crippen molar-refractivity contribution < 1.29 is 14.3 Å². The van der Waals surface area contributed by atoms with Crippen molar-refractivity contribution in [2.24, 2.45) is 0 Å². The zero-order valence-corrected chi connectivity index (χ0v) is 9.46. The molecule has 16 heavy (non-hydrogen) atoms. The molecule has 2 N–H and O–H groups in total. The molecule has 88 valence electrons. The lowest BCUT2D eigenvalue weighted by Gasteiger charge is -2.26. The van der Waals surface area contributed by atoms with E-state index in [1.54, 1.807) is 13.0 Å². The van der Waals surface area contributed by atoms with E-state index in [0.29, 0.717) is 12.1 Å². The van der Waals surface area contributed by atoms with Crippen molar-refractivity contribution in [3.8, 4) is 0 Å². The van der Waals surface area contributed by atoms with E-state index < -0.39 is 17.3 Å². The van der Waals surface area contributed by atoms with Gasteiger partial charge in [0.05, 0.1) is 0 Å². The fourth-order valence-electron chi connectivity index (χ4n) is 1.48. The SMILES string of the molecule is CCCNC(C)(C(=O)O)c1cccc(F)c1. The van der Waals surface area contributed by atoms with E-state index in [4.69, 9.17) is 0 Å². The first kappa shape index (κ1) is 12.6. The third kappa shape index (κ3) is 2.58. The summed E-state index contributed by atoms with van der Waals surface area (Å²) in [5, 5.41) is 12.1. The summed E-state index contributed by atoms with van der Waals surface area (Å²) in [5.41, 5.74) is -0.813. The minimum Gasteiger partial charge on any atom is -0.480 e. The molecule has 1 unspecified atom stereocenters. The van der Waals surface area contributed by atoms with Crippen LogP contribution in [0.25, 0.3) is 0 Å². The van der Waals surface area contributed by atoms with Gasteiger partial charge in [-0.1, -0.05) is 19.1 Å². The van der Waals surface area contributed by atoms with Crippen molar-refractivity contribution in [2.75, 3.05) is 6.54 Å². The molecule has 0 heterocycles. The van der Waals surface area contributed by atoms with Gasteiger partial charge in [-0.25, -0.2) is 9.18 Å². The molecule has 0 spiro atoms. The number of nitrogens with one attached hydrogen (secondary N) is 1. The fraction of sp³-hybridized carbons (Fsp3) is 0.417. The van der Waals surface area contributed by atoms with Crippen LogP contribution < -0.4 is 5.32 Å². The van der Waals surface area contributed by atoms with Gasteiger partial charge in [-0.05, 0) is 37.6 Å². The Morgan fingerprint density at radius 3 is 2.75 bits per heavy atom. The van der Waals surface area contributed by atoms with Gasteiger partial charge in [0.25, 0.3) is 0 Å². The van der Waals surface area contributed by atoms with Crippen LogP contribution in [0.15, 0.2) is 24.3 Å². The number of carboxylic acid groups (broad SMARTS) is 1. The van der Waals surface area contributed by atoms with Crippen molar-refractivity contribution >= 4 is 5.97 Å². The topological polar surface area (TPSA) is 49.3 Å². The van der Waals surface area contributed by atoms with Gasteiger partial charge < -0.3 is 5.11 Å². The first-order valence-corrected chi connectivity index (χ1v) is 5.25. The molecule has 0 fully saturated rings. The van der Waals surface area contributed by atoms with Crippen molar-refractivity contribution in [1.82, 2.24) is 5.32 Å². The molecule has 0 aliphatic heterocycles. The highest BCUT2D eigenvalue weighted by Gasteiger charge is 2.34. The van der Waals surface area contributed by atoms with Crippen LogP contribution in [-0.2, 0) is 10.3 Å². The number of halogens is 1. The number of aliphatic carboxylic acids is 1. The summed E-state index contributed by atoms with van der Waals surface area (Å²) in [5.74, 6) is -1.44. The molecule has 1 aromatic carbocycles. The van der Waals surface area contributed by atoms with Crippen molar-refractivity contribution in [2.45, 2.75) is 25.8 Å². The van der Waals surface area contributed by atoms with Crippen LogP contribution in [0.3, 0.4) is 0 Å². The van der Waals surface area contributed by atoms with Crippen LogP contribution in [0, 0.1) is 5.82 Å². The Morgan fingerprint density at radius 1 is 1.56 bits per heavy atom. The van der Waals surface area contributed by atoms with Crippen LogP contribution in [0.4, 0.5) is 4.39 Å². The normalized spacial score (nSPS) is 14.4. The molecule has 0 aromatic heterocycles. The van der Waals surface area contributed by atoms with Crippen LogP contribution in [-0.4, -0.2) is 17.6 Å². The van der Waals surface area contributed by atoms with Crippen molar-refractivity contribution in [1.29, 1.82) is 0 Å². The largest absolute Gasteiger partial charge is 0.480 e. The summed E-state index contributed by atoms with van der Waals surface area (Å²) in [7, 11) is 0. The van der Waals surface area contributed by atoms with Gasteiger partial charge in [-0.2, -0.15) is 0 Å². The number of carboxylic acids is 1. The Hall–Kier alpha value is -1.42. The summed E-state index contributed by atoms with van der Waals surface area (Å²) in [4.78, 5) is 11.3. The predicted octanol–water partition coefficient (Wildman–Crippen LogP) is 2.13. The van der Waals surface area contributed by atoms with Gasteiger partial charge in [0.15, 0.2) is 0 Å². The van der Waals surface area contributed by atoms with E-state index in [2.05, 4.69) is 5.32 Å². The van der Waals surface area contributed by atoms with Crippen LogP contribution in [0.5, 0.6) is 0 Å². The van der Waals surface area contributed by atoms with Crippen LogP contribution >= 0.6 is 0 Å². The summed E-state index contributed by atoms with van der Waals surface area (Å²) in [6, 6.07) is 5.67. The molecule has 1 atom stereocenters. The molecule has 1 aromatic rings. The van der Waals surface area contributed by atoms with Crippen molar-refractivity contribution in [3.05, 3.63) is 35.6 Å². The molecule has 0 amide bonds. The lowest BCUT2D eigenvalue weighted by molar-refractivity contribution is -0.144. The van der Waals surface area contributed by atoms with Gasteiger partial charge in [0, 0.05) is 0 Å². The molecular formula is C12H16FNO2. The molecule has 0 aliphatic carbocycles. The standard InChI is InChI=1S/C12H16FNO2/c1-3-7-14-12(2,11(15)16)9-5-4-6-10(13)8-9/h4-6,8,14H,3,7H2,1-2H3,(H,15,16). The number of benzene rings is 1. The van der Waals surface area contributed by atoms with E-state index >= 15 is 0 Å². The second-order valence-electron chi connectivity index (χ2n) is 3.87. The first-order chi connectivity index (χ1) is 7.50. The van der Waals surface area contributed by atoms with E-state index in [1.165, 1.54) is 18.2 Å². The van der Waals surface area contributed by atoms with E-state index in [-0.39, 0.29) is 0 Å². The second-order valence-corrected chi connectivity index (χ2v) is 3.87. The summed E-state index contributed by atoms with van der Waals surface area (Å²) in [6.07, 6.45) is 0.818. The minimum absolute atomic E-state index is 0.424. The lowest BCUT2D eigenvalue weighted by Crippen LogP contribution is -2.47. The third-order valence-corrected chi connectivity index (χ3v) is 2.56. The maximum Gasteiger partial charge on any atom is 0.328 e. The zero-order chi connectivity index (χ0) is 12.2. The molecule has 4 heteroatoms. The molecule has 3 nitrogen and oxygen atoms in total. The third-order valence-electron chi connectivity index (χ3n) is 2.56. The van der Waals surface area contributed by atoms with E-state index in [0.717, 1.165) is 6.42 Å². The maximum atomic E-state index is 13.1.